The first-order chi connectivity index (χ1) is 9.14. The van der Waals surface area contributed by atoms with Crippen LogP contribution < -0.4 is 10.5 Å². The summed E-state index contributed by atoms with van der Waals surface area (Å²) < 4.78 is 6.45. The average molecular weight is 280 g/mol. The van der Waals surface area contributed by atoms with Gasteiger partial charge < -0.3 is 10.5 Å². The van der Waals surface area contributed by atoms with E-state index < -0.39 is 0 Å². The molecule has 1 aliphatic carbocycles. The molecule has 1 heterocycles. The van der Waals surface area contributed by atoms with Gasteiger partial charge in [0.15, 0.2) is 0 Å². The zero-order chi connectivity index (χ0) is 13.5. The Morgan fingerprint density at radius 2 is 2.26 bits per heavy atom. The number of nitrogens with two attached hydrogens (primary N) is 1. The Bertz CT molecular complexity index is 476. The molecule has 0 aromatic heterocycles. The van der Waals surface area contributed by atoms with E-state index in [-0.39, 0.29) is 11.6 Å². The smallest absolute Gasteiger partial charge is 0.125 e. The fourth-order valence-electron chi connectivity index (χ4n) is 3.91. The molecule has 1 aromatic rings. The van der Waals surface area contributed by atoms with E-state index in [9.17, 15) is 0 Å². The van der Waals surface area contributed by atoms with Gasteiger partial charge in [-0.3, -0.25) is 0 Å². The molecule has 2 nitrogen and oxygen atoms in total. The summed E-state index contributed by atoms with van der Waals surface area (Å²) in [5, 5.41) is 0.740. The number of benzene rings is 1. The predicted molar refractivity (Wildman–Crippen MR) is 78.6 cm³/mol. The number of hydrogen-bond donors (Lipinski definition) is 1. The summed E-state index contributed by atoms with van der Waals surface area (Å²) in [7, 11) is 0. The van der Waals surface area contributed by atoms with Crippen LogP contribution in [-0.4, -0.2) is 5.60 Å². The maximum absolute atomic E-state index is 6.45. The first kappa shape index (κ1) is 13.3. The topological polar surface area (TPSA) is 35.2 Å². The standard InChI is InChI=1S/C16H22ClNO/c1-2-11-5-3-4-8-16(11)10-14(18)13-9-12(17)6-7-15(13)19-16/h6-7,9,11,14H,2-5,8,10,18H2,1H3/t11?,14-,16?/m0/s1. The van der Waals surface area contributed by atoms with Crippen molar-refractivity contribution in [1.82, 2.24) is 0 Å². The van der Waals surface area contributed by atoms with Crippen LogP contribution in [0, 0.1) is 5.92 Å². The minimum Gasteiger partial charge on any atom is -0.487 e. The fraction of sp³-hybridized carbons (Fsp3) is 0.625. The van der Waals surface area contributed by atoms with E-state index in [0.717, 1.165) is 29.2 Å². The SMILES string of the molecule is CCC1CCCCC12C[C@H](N)c1cc(Cl)ccc1O2. The molecule has 1 saturated carbocycles. The van der Waals surface area contributed by atoms with E-state index in [2.05, 4.69) is 6.92 Å². The maximum Gasteiger partial charge on any atom is 0.125 e. The molecule has 0 radical (unpaired) electrons. The summed E-state index contributed by atoms with van der Waals surface area (Å²) in [4.78, 5) is 0. The van der Waals surface area contributed by atoms with Crippen LogP contribution in [0.1, 0.15) is 57.1 Å². The van der Waals surface area contributed by atoms with E-state index in [4.69, 9.17) is 22.1 Å². The van der Waals surface area contributed by atoms with Gasteiger partial charge in [0.05, 0.1) is 0 Å². The van der Waals surface area contributed by atoms with Gasteiger partial charge in [0, 0.05) is 23.0 Å². The largest absolute Gasteiger partial charge is 0.487 e. The van der Waals surface area contributed by atoms with E-state index >= 15 is 0 Å². The number of ether oxygens (including phenoxy) is 1. The third-order valence-corrected chi connectivity index (χ3v) is 5.12. The van der Waals surface area contributed by atoms with Crippen molar-refractivity contribution in [2.75, 3.05) is 0 Å². The van der Waals surface area contributed by atoms with Crippen molar-refractivity contribution in [3.63, 3.8) is 0 Å². The summed E-state index contributed by atoms with van der Waals surface area (Å²) in [6.45, 7) is 2.27. The molecule has 3 rings (SSSR count). The van der Waals surface area contributed by atoms with Crippen LogP contribution in [0.15, 0.2) is 18.2 Å². The highest BCUT2D eigenvalue weighted by molar-refractivity contribution is 6.30. The molecule has 19 heavy (non-hydrogen) atoms. The van der Waals surface area contributed by atoms with Gasteiger partial charge >= 0.3 is 0 Å². The van der Waals surface area contributed by atoms with E-state index in [0.29, 0.717) is 5.92 Å². The summed E-state index contributed by atoms with van der Waals surface area (Å²) in [6, 6.07) is 5.89. The first-order valence-electron chi connectivity index (χ1n) is 7.38. The normalized spacial score (nSPS) is 33.8. The lowest BCUT2D eigenvalue weighted by molar-refractivity contribution is -0.0489. The van der Waals surface area contributed by atoms with E-state index in [1.807, 2.05) is 18.2 Å². The molecule has 1 fully saturated rings. The molecule has 1 spiro atoms. The van der Waals surface area contributed by atoms with Gasteiger partial charge in [-0.1, -0.05) is 24.9 Å². The number of fused-ring (bicyclic) bond motifs is 1. The molecule has 3 heteroatoms. The number of rotatable bonds is 1. The second-order valence-electron chi connectivity index (χ2n) is 6.01. The average Bonchev–Trinajstić information content (AvgIpc) is 2.40. The van der Waals surface area contributed by atoms with Crippen LogP contribution in [0.5, 0.6) is 5.75 Å². The zero-order valence-electron chi connectivity index (χ0n) is 11.5. The van der Waals surface area contributed by atoms with E-state index in [1.165, 1.54) is 25.7 Å². The highest BCUT2D eigenvalue weighted by Crippen LogP contribution is 2.49. The highest BCUT2D eigenvalue weighted by Gasteiger charge is 2.46. The second-order valence-corrected chi connectivity index (χ2v) is 6.45. The molecule has 2 aliphatic rings. The predicted octanol–water partition coefficient (Wildman–Crippen LogP) is 4.46. The minimum absolute atomic E-state index is 0.0345. The zero-order valence-corrected chi connectivity index (χ0v) is 12.2. The van der Waals surface area contributed by atoms with Crippen LogP contribution in [-0.2, 0) is 0 Å². The van der Waals surface area contributed by atoms with Crippen molar-refractivity contribution >= 4 is 11.6 Å². The highest BCUT2D eigenvalue weighted by atomic mass is 35.5. The van der Waals surface area contributed by atoms with Gasteiger partial charge in [-0.25, -0.2) is 0 Å². The molecule has 104 valence electrons. The monoisotopic (exact) mass is 279 g/mol. The molecule has 2 N–H and O–H groups in total. The van der Waals surface area contributed by atoms with Crippen LogP contribution in [0.3, 0.4) is 0 Å². The van der Waals surface area contributed by atoms with Crippen molar-refractivity contribution < 1.29 is 4.74 Å². The molecule has 1 aromatic carbocycles. The molecule has 0 bridgehead atoms. The Hall–Kier alpha value is -0.730. The van der Waals surface area contributed by atoms with Crippen molar-refractivity contribution in [2.24, 2.45) is 11.7 Å². The molecular weight excluding hydrogens is 258 g/mol. The fourth-order valence-corrected chi connectivity index (χ4v) is 4.09. The third-order valence-electron chi connectivity index (χ3n) is 4.89. The Kier molecular flexibility index (Phi) is 3.48. The lowest BCUT2D eigenvalue weighted by atomic mass is 9.69. The lowest BCUT2D eigenvalue weighted by Gasteiger charge is -2.48. The van der Waals surface area contributed by atoms with Crippen LogP contribution in [0.2, 0.25) is 5.02 Å². The van der Waals surface area contributed by atoms with Gasteiger partial charge in [-0.15, -0.1) is 0 Å². The Labute approximate surface area is 120 Å². The Morgan fingerprint density at radius 3 is 3.05 bits per heavy atom. The summed E-state index contributed by atoms with van der Waals surface area (Å²) in [5.74, 6) is 1.58. The quantitative estimate of drug-likeness (QED) is 0.824. The van der Waals surface area contributed by atoms with Crippen LogP contribution in [0.25, 0.3) is 0 Å². The molecule has 0 saturated heterocycles. The Balaban J connectivity index is 1.97. The Morgan fingerprint density at radius 1 is 1.42 bits per heavy atom. The number of halogens is 1. The first-order valence-corrected chi connectivity index (χ1v) is 7.76. The van der Waals surface area contributed by atoms with Crippen LogP contribution in [0.4, 0.5) is 0 Å². The maximum atomic E-state index is 6.45. The summed E-state index contributed by atoms with van der Waals surface area (Å²) in [6.07, 6.45) is 7.10. The van der Waals surface area contributed by atoms with Gasteiger partial charge in [0.25, 0.3) is 0 Å². The van der Waals surface area contributed by atoms with Gasteiger partial charge in [0.2, 0.25) is 0 Å². The van der Waals surface area contributed by atoms with Gasteiger partial charge in [0.1, 0.15) is 11.4 Å². The van der Waals surface area contributed by atoms with Crippen molar-refractivity contribution in [2.45, 2.75) is 57.1 Å². The molecule has 1 aliphatic heterocycles. The minimum atomic E-state index is -0.0345. The molecule has 2 unspecified atom stereocenters. The van der Waals surface area contributed by atoms with Gasteiger partial charge in [-0.05, 0) is 49.8 Å². The summed E-state index contributed by atoms with van der Waals surface area (Å²) >= 11 is 6.06. The van der Waals surface area contributed by atoms with Crippen molar-refractivity contribution in [3.05, 3.63) is 28.8 Å². The van der Waals surface area contributed by atoms with Crippen LogP contribution >= 0.6 is 11.6 Å². The van der Waals surface area contributed by atoms with E-state index in [1.54, 1.807) is 0 Å². The number of hydrogen-bond acceptors (Lipinski definition) is 2. The molecule has 3 atom stereocenters. The second kappa shape index (κ2) is 4.99. The molecule has 0 amide bonds. The van der Waals surface area contributed by atoms with Crippen molar-refractivity contribution in [3.8, 4) is 5.75 Å². The van der Waals surface area contributed by atoms with Gasteiger partial charge in [-0.2, -0.15) is 0 Å². The molecular formula is C16H22ClNO. The summed E-state index contributed by atoms with van der Waals surface area (Å²) in [5.41, 5.74) is 7.43. The van der Waals surface area contributed by atoms with Crippen molar-refractivity contribution in [1.29, 1.82) is 0 Å². The third kappa shape index (κ3) is 2.25. The lowest BCUT2D eigenvalue weighted by Crippen LogP contribution is -2.50.